The van der Waals surface area contributed by atoms with Crippen molar-refractivity contribution in [2.45, 2.75) is 33.4 Å². The summed E-state index contributed by atoms with van der Waals surface area (Å²) in [4.78, 5) is 10.7. The molecule has 2 aromatic carbocycles. The molecule has 0 atom stereocenters. The summed E-state index contributed by atoms with van der Waals surface area (Å²) in [6.07, 6.45) is 0.989. The molecule has 0 amide bonds. The van der Waals surface area contributed by atoms with Crippen molar-refractivity contribution in [2.24, 2.45) is 4.99 Å². The molecule has 0 unspecified atom stereocenters. The zero-order chi connectivity index (χ0) is 21.1. The Balaban J connectivity index is 1.77. The van der Waals surface area contributed by atoms with Gasteiger partial charge in [-0.15, -0.1) is 10.2 Å². The van der Waals surface area contributed by atoms with Gasteiger partial charge in [0, 0.05) is 29.2 Å². The molecule has 1 aromatic heterocycles. The summed E-state index contributed by atoms with van der Waals surface area (Å²) in [7, 11) is 0. The third-order valence-corrected chi connectivity index (χ3v) is 5.29. The van der Waals surface area contributed by atoms with E-state index in [0.717, 1.165) is 30.8 Å². The SMILES string of the molecule is CCCN(CC)OCc1nnc2n1-c1ccc(F)cc1C(c1ccccc1Cl)=NC2. The van der Waals surface area contributed by atoms with Gasteiger partial charge in [-0.3, -0.25) is 14.4 Å². The van der Waals surface area contributed by atoms with Crippen LogP contribution < -0.4 is 0 Å². The van der Waals surface area contributed by atoms with Crippen molar-refractivity contribution in [3.05, 3.63) is 76.1 Å². The molecule has 0 N–H and O–H groups in total. The van der Waals surface area contributed by atoms with Gasteiger partial charge in [-0.2, -0.15) is 5.06 Å². The molecule has 0 fully saturated rings. The molecule has 4 rings (SSSR count). The molecule has 0 spiro atoms. The van der Waals surface area contributed by atoms with Gasteiger partial charge in [-0.1, -0.05) is 43.6 Å². The fourth-order valence-electron chi connectivity index (χ4n) is 3.55. The highest BCUT2D eigenvalue weighted by Gasteiger charge is 2.24. The molecule has 1 aliphatic rings. The van der Waals surface area contributed by atoms with E-state index in [0.29, 0.717) is 34.5 Å². The van der Waals surface area contributed by atoms with Crippen molar-refractivity contribution >= 4 is 17.3 Å². The number of aromatic nitrogens is 3. The quantitative estimate of drug-likeness (QED) is 0.518. The maximum atomic E-state index is 14.2. The first-order chi connectivity index (χ1) is 14.6. The Labute approximate surface area is 179 Å². The first-order valence-electron chi connectivity index (χ1n) is 10.0. The van der Waals surface area contributed by atoms with Gasteiger partial charge in [0.25, 0.3) is 0 Å². The molecule has 2 heterocycles. The Morgan fingerprint density at radius 1 is 1.13 bits per heavy atom. The molecule has 8 heteroatoms. The van der Waals surface area contributed by atoms with Crippen LogP contribution in [0.4, 0.5) is 4.39 Å². The number of halogens is 2. The van der Waals surface area contributed by atoms with Crippen molar-refractivity contribution in [3.8, 4) is 5.69 Å². The van der Waals surface area contributed by atoms with Crippen molar-refractivity contribution in [1.29, 1.82) is 0 Å². The Hall–Kier alpha value is -2.61. The van der Waals surface area contributed by atoms with Crippen molar-refractivity contribution < 1.29 is 9.23 Å². The molecule has 156 valence electrons. The van der Waals surface area contributed by atoms with Crippen LogP contribution in [-0.4, -0.2) is 38.6 Å². The minimum atomic E-state index is -0.345. The summed E-state index contributed by atoms with van der Waals surface area (Å²) in [5, 5.41) is 11.1. The van der Waals surface area contributed by atoms with E-state index in [1.165, 1.54) is 12.1 Å². The number of fused-ring (bicyclic) bond motifs is 3. The Kier molecular flexibility index (Phi) is 6.22. The number of rotatable bonds is 7. The van der Waals surface area contributed by atoms with Gasteiger partial charge < -0.3 is 0 Å². The third kappa shape index (κ3) is 4.01. The van der Waals surface area contributed by atoms with E-state index in [-0.39, 0.29) is 12.4 Å². The van der Waals surface area contributed by atoms with Crippen LogP contribution in [0.25, 0.3) is 5.69 Å². The second-order valence-electron chi connectivity index (χ2n) is 6.97. The van der Waals surface area contributed by atoms with Crippen LogP contribution in [0, 0.1) is 5.82 Å². The standard InChI is InChI=1S/C22H23ClFN5O/c1-3-11-28(4-2)30-14-21-27-26-20-13-25-22(16-7-5-6-8-18(16)23)17-12-15(24)9-10-19(17)29(20)21/h5-10,12H,3-4,11,13-14H2,1-2H3. The third-order valence-electron chi connectivity index (χ3n) is 4.96. The minimum Gasteiger partial charge on any atom is -0.291 e. The van der Waals surface area contributed by atoms with Crippen LogP contribution in [0.5, 0.6) is 0 Å². The van der Waals surface area contributed by atoms with E-state index in [9.17, 15) is 4.39 Å². The molecule has 1 aliphatic heterocycles. The van der Waals surface area contributed by atoms with E-state index >= 15 is 0 Å². The normalized spacial score (nSPS) is 13.0. The number of benzene rings is 2. The summed E-state index contributed by atoms with van der Waals surface area (Å²) < 4.78 is 16.1. The first kappa shape index (κ1) is 20.7. The van der Waals surface area contributed by atoms with Crippen molar-refractivity contribution in [1.82, 2.24) is 19.8 Å². The van der Waals surface area contributed by atoms with Crippen molar-refractivity contribution in [2.75, 3.05) is 13.1 Å². The van der Waals surface area contributed by atoms with E-state index in [1.54, 1.807) is 12.1 Å². The summed E-state index contributed by atoms with van der Waals surface area (Å²) in [6.45, 7) is 6.32. The maximum absolute atomic E-state index is 14.2. The maximum Gasteiger partial charge on any atom is 0.165 e. The molecule has 3 aromatic rings. The predicted molar refractivity (Wildman–Crippen MR) is 114 cm³/mol. The lowest BCUT2D eigenvalue weighted by Crippen LogP contribution is -2.25. The molecular formula is C22H23ClFN5O. The van der Waals surface area contributed by atoms with E-state index in [2.05, 4.69) is 17.1 Å². The summed E-state index contributed by atoms with van der Waals surface area (Å²) in [5.41, 5.74) is 2.78. The van der Waals surface area contributed by atoms with E-state index in [4.69, 9.17) is 21.4 Å². The second kappa shape index (κ2) is 9.04. The monoisotopic (exact) mass is 427 g/mol. The van der Waals surface area contributed by atoms with Gasteiger partial charge in [-0.05, 0) is 30.7 Å². The fraction of sp³-hybridized carbons (Fsp3) is 0.318. The van der Waals surface area contributed by atoms with Gasteiger partial charge >= 0.3 is 0 Å². The van der Waals surface area contributed by atoms with Crippen LogP contribution in [-0.2, 0) is 18.0 Å². The lowest BCUT2D eigenvalue weighted by Gasteiger charge is -2.19. The molecule has 6 nitrogen and oxygen atoms in total. The average molecular weight is 428 g/mol. The van der Waals surface area contributed by atoms with Crippen LogP contribution in [0.15, 0.2) is 47.5 Å². The lowest BCUT2D eigenvalue weighted by molar-refractivity contribution is -0.168. The van der Waals surface area contributed by atoms with Crippen LogP contribution >= 0.6 is 11.6 Å². The number of hydroxylamine groups is 2. The Morgan fingerprint density at radius 3 is 2.73 bits per heavy atom. The lowest BCUT2D eigenvalue weighted by atomic mass is 10.00. The predicted octanol–water partition coefficient (Wildman–Crippen LogP) is 4.57. The largest absolute Gasteiger partial charge is 0.291 e. The first-order valence-corrected chi connectivity index (χ1v) is 10.4. The zero-order valence-corrected chi connectivity index (χ0v) is 17.7. The van der Waals surface area contributed by atoms with Gasteiger partial charge in [-0.25, -0.2) is 4.39 Å². The van der Waals surface area contributed by atoms with E-state index < -0.39 is 0 Å². The smallest absolute Gasteiger partial charge is 0.165 e. The van der Waals surface area contributed by atoms with E-state index in [1.807, 2.05) is 34.8 Å². The summed E-state index contributed by atoms with van der Waals surface area (Å²) in [5.74, 6) is 0.966. The van der Waals surface area contributed by atoms with Crippen LogP contribution in [0.1, 0.15) is 43.0 Å². The van der Waals surface area contributed by atoms with Crippen LogP contribution in [0.3, 0.4) is 0 Å². The average Bonchev–Trinajstić information content (AvgIpc) is 3.08. The number of hydrogen-bond acceptors (Lipinski definition) is 5. The Morgan fingerprint density at radius 2 is 1.97 bits per heavy atom. The Bertz CT molecular complexity index is 1080. The fourth-order valence-corrected chi connectivity index (χ4v) is 3.78. The molecule has 30 heavy (non-hydrogen) atoms. The molecule has 0 saturated heterocycles. The summed E-state index contributed by atoms with van der Waals surface area (Å²) in [6, 6.07) is 12.1. The van der Waals surface area contributed by atoms with Gasteiger partial charge in [0.2, 0.25) is 0 Å². The highest BCUT2D eigenvalue weighted by Crippen LogP contribution is 2.29. The minimum absolute atomic E-state index is 0.263. The molecule has 0 aliphatic carbocycles. The van der Waals surface area contributed by atoms with Gasteiger partial charge in [0.15, 0.2) is 11.6 Å². The molecular weight excluding hydrogens is 405 g/mol. The molecule has 0 radical (unpaired) electrons. The van der Waals surface area contributed by atoms with Crippen molar-refractivity contribution in [3.63, 3.8) is 0 Å². The molecule has 0 saturated carbocycles. The van der Waals surface area contributed by atoms with Gasteiger partial charge in [0.1, 0.15) is 19.0 Å². The number of nitrogens with zero attached hydrogens (tertiary/aromatic N) is 5. The summed E-state index contributed by atoms with van der Waals surface area (Å²) >= 11 is 6.43. The zero-order valence-electron chi connectivity index (χ0n) is 17.0. The number of hydrogen-bond donors (Lipinski definition) is 0. The number of aliphatic imine (C=N–C) groups is 1. The molecule has 0 bridgehead atoms. The van der Waals surface area contributed by atoms with Crippen LogP contribution in [0.2, 0.25) is 5.02 Å². The second-order valence-corrected chi connectivity index (χ2v) is 7.38. The highest BCUT2D eigenvalue weighted by molar-refractivity contribution is 6.35. The topological polar surface area (TPSA) is 55.5 Å². The highest BCUT2D eigenvalue weighted by atomic mass is 35.5. The van der Waals surface area contributed by atoms with Gasteiger partial charge in [0.05, 0.1) is 11.4 Å².